The number of benzene rings is 1. The Hall–Kier alpha value is -2.44. The van der Waals surface area contributed by atoms with Crippen molar-refractivity contribution < 1.29 is 33.8 Å². The number of hydrogen-bond donors (Lipinski definition) is 5. The molecule has 3 heterocycles. The first kappa shape index (κ1) is 20.8. The standard InChI is InChI=1S/C17H20N5O7P/c18-15-12-16(20-8-19-15)22(9-21-12)17(6-10-4-2-1-3-5-10)14(24)13(11(7-23)28-17)29-30(25,26)27/h1-5,8-9,11,13-14,23-24H,6-7H2,(H2,18,19,20)(H2,25,26,27)/t11-,13-,14-,17-/m1/s1. The molecule has 0 aliphatic carbocycles. The molecule has 0 spiro atoms. The minimum absolute atomic E-state index is 0.0574. The predicted molar refractivity (Wildman–Crippen MR) is 103 cm³/mol. The smallest absolute Gasteiger partial charge is 0.394 e. The molecule has 2 aromatic heterocycles. The summed E-state index contributed by atoms with van der Waals surface area (Å²) in [6.45, 7) is -0.651. The van der Waals surface area contributed by atoms with E-state index in [0.717, 1.165) is 5.56 Å². The van der Waals surface area contributed by atoms with Crippen molar-refractivity contribution in [1.82, 2.24) is 19.5 Å². The van der Waals surface area contributed by atoms with Crippen LogP contribution in [0, 0.1) is 0 Å². The van der Waals surface area contributed by atoms with Gasteiger partial charge in [-0.1, -0.05) is 30.3 Å². The Morgan fingerprint density at radius 2 is 1.97 bits per heavy atom. The monoisotopic (exact) mass is 437 g/mol. The molecule has 1 aliphatic rings. The lowest BCUT2D eigenvalue weighted by Gasteiger charge is -2.34. The van der Waals surface area contributed by atoms with Crippen LogP contribution in [0.2, 0.25) is 0 Å². The highest BCUT2D eigenvalue weighted by Crippen LogP contribution is 2.47. The molecule has 1 aliphatic heterocycles. The zero-order chi connectivity index (χ0) is 21.5. The number of phosphoric acid groups is 1. The molecule has 0 bridgehead atoms. The lowest BCUT2D eigenvalue weighted by molar-refractivity contribution is -0.145. The fourth-order valence-corrected chi connectivity index (χ4v) is 4.30. The first-order valence-electron chi connectivity index (χ1n) is 8.94. The van der Waals surface area contributed by atoms with Gasteiger partial charge in [0.15, 0.2) is 17.2 Å². The molecule has 1 saturated heterocycles. The van der Waals surface area contributed by atoms with Crippen molar-refractivity contribution in [3.05, 3.63) is 48.5 Å². The molecule has 4 rings (SSSR count). The molecule has 3 aromatic rings. The number of nitrogens with two attached hydrogens (primary N) is 1. The second kappa shape index (κ2) is 7.67. The molecule has 4 atom stereocenters. The molecule has 0 saturated carbocycles. The number of anilines is 1. The highest BCUT2D eigenvalue weighted by atomic mass is 31.2. The van der Waals surface area contributed by atoms with E-state index in [9.17, 15) is 24.6 Å². The molecule has 13 heteroatoms. The van der Waals surface area contributed by atoms with Crippen LogP contribution < -0.4 is 5.73 Å². The number of imidazole rings is 1. The minimum Gasteiger partial charge on any atom is -0.394 e. The Kier molecular flexibility index (Phi) is 5.32. The van der Waals surface area contributed by atoms with Gasteiger partial charge in [-0.2, -0.15) is 0 Å². The molecule has 12 nitrogen and oxygen atoms in total. The Bertz CT molecular complexity index is 1090. The summed E-state index contributed by atoms with van der Waals surface area (Å²) in [7, 11) is -5.00. The predicted octanol–water partition coefficient (Wildman–Crippen LogP) is -0.466. The second-order valence-electron chi connectivity index (χ2n) is 6.90. The van der Waals surface area contributed by atoms with E-state index in [1.165, 1.54) is 17.2 Å². The van der Waals surface area contributed by atoms with Crippen LogP contribution in [0.1, 0.15) is 5.56 Å². The number of phosphoric ester groups is 1. The molecule has 1 aromatic carbocycles. The van der Waals surface area contributed by atoms with Crippen molar-refractivity contribution in [3.8, 4) is 0 Å². The summed E-state index contributed by atoms with van der Waals surface area (Å²) in [5.74, 6) is 0.114. The Morgan fingerprint density at radius 3 is 2.63 bits per heavy atom. The van der Waals surface area contributed by atoms with Crippen LogP contribution in [-0.4, -0.2) is 64.4 Å². The zero-order valence-electron chi connectivity index (χ0n) is 15.5. The van der Waals surface area contributed by atoms with Crippen molar-refractivity contribution >= 4 is 24.8 Å². The molecule has 30 heavy (non-hydrogen) atoms. The van der Waals surface area contributed by atoms with Crippen LogP contribution in [0.15, 0.2) is 43.0 Å². The number of nitrogens with zero attached hydrogens (tertiary/aromatic N) is 4. The first-order valence-corrected chi connectivity index (χ1v) is 10.5. The molecule has 0 amide bonds. The van der Waals surface area contributed by atoms with E-state index in [-0.39, 0.29) is 23.4 Å². The highest BCUT2D eigenvalue weighted by Gasteiger charge is 2.58. The number of nitrogen functional groups attached to an aromatic ring is 1. The quantitative estimate of drug-likeness (QED) is 0.314. The van der Waals surface area contributed by atoms with Gasteiger partial charge in [-0.05, 0) is 5.56 Å². The second-order valence-corrected chi connectivity index (χ2v) is 8.09. The number of rotatable bonds is 6. The van der Waals surface area contributed by atoms with Crippen molar-refractivity contribution in [2.24, 2.45) is 0 Å². The number of hydrogen-bond acceptors (Lipinski definition) is 9. The summed E-state index contributed by atoms with van der Waals surface area (Å²) in [6, 6.07) is 9.00. The van der Waals surface area contributed by atoms with Crippen LogP contribution in [0.3, 0.4) is 0 Å². The average Bonchev–Trinajstić information content (AvgIpc) is 3.24. The van der Waals surface area contributed by atoms with Crippen LogP contribution in [0.4, 0.5) is 5.82 Å². The SMILES string of the molecule is Nc1ncnc2c1ncn2[C@]1(Cc2ccccc2)O[C@H](CO)[C@@H](OP(=O)(O)O)[C@H]1O. The van der Waals surface area contributed by atoms with E-state index in [1.54, 1.807) is 24.3 Å². The fourth-order valence-electron chi connectivity index (χ4n) is 3.73. The molecule has 1 fully saturated rings. The van der Waals surface area contributed by atoms with Crippen LogP contribution in [0.5, 0.6) is 0 Å². The van der Waals surface area contributed by atoms with Crippen molar-refractivity contribution in [1.29, 1.82) is 0 Å². The van der Waals surface area contributed by atoms with Gasteiger partial charge in [0, 0.05) is 6.42 Å². The summed E-state index contributed by atoms with van der Waals surface area (Å²) in [5.41, 5.74) is 5.47. The van der Waals surface area contributed by atoms with E-state index in [1.807, 2.05) is 6.07 Å². The average molecular weight is 437 g/mol. The van der Waals surface area contributed by atoms with Gasteiger partial charge in [-0.3, -0.25) is 9.09 Å². The number of fused-ring (bicyclic) bond motifs is 1. The van der Waals surface area contributed by atoms with E-state index in [2.05, 4.69) is 15.0 Å². The first-order chi connectivity index (χ1) is 14.2. The van der Waals surface area contributed by atoms with Crippen LogP contribution in [0.25, 0.3) is 11.2 Å². The van der Waals surface area contributed by atoms with Gasteiger partial charge < -0.3 is 30.5 Å². The van der Waals surface area contributed by atoms with E-state index in [0.29, 0.717) is 0 Å². The summed E-state index contributed by atoms with van der Waals surface area (Å²) in [6.07, 6.45) is -1.72. The molecular formula is C17H20N5O7P. The molecule has 160 valence electrons. The number of aliphatic hydroxyl groups excluding tert-OH is 2. The maximum Gasteiger partial charge on any atom is 0.470 e. The number of aromatic nitrogens is 4. The normalized spacial score (nSPS) is 27.0. The lowest BCUT2D eigenvalue weighted by Crippen LogP contribution is -2.47. The minimum atomic E-state index is -5.00. The van der Waals surface area contributed by atoms with Crippen LogP contribution >= 0.6 is 7.82 Å². The third-order valence-corrected chi connectivity index (χ3v) is 5.52. The van der Waals surface area contributed by atoms with E-state index < -0.39 is 38.5 Å². The Morgan fingerprint density at radius 1 is 1.23 bits per heavy atom. The molecule has 0 radical (unpaired) electrons. The van der Waals surface area contributed by atoms with Gasteiger partial charge in [0.05, 0.1) is 12.9 Å². The highest BCUT2D eigenvalue weighted by molar-refractivity contribution is 7.46. The fraction of sp³-hybridized carbons (Fsp3) is 0.353. The Labute approximate surface area is 170 Å². The third kappa shape index (κ3) is 3.59. The molecular weight excluding hydrogens is 417 g/mol. The summed E-state index contributed by atoms with van der Waals surface area (Å²) >= 11 is 0. The van der Waals surface area contributed by atoms with Gasteiger partial charge in [-0.25, -0.2) is 19.5 Å². The number of aliphatic hydroxyl groups is 2. The number of ether oxygens (including phenoxy) is 1. The molecule has 6 N–H and O–H groups in total. The van der Waals surface area contributed by atoms with Gasteiger partial charge in [0.2, 0.25) is 0 Å². The summed E-state index contributed by atoms with van der Waals surface area (Å²) < 4.78 is 23.7. The maximum absolute atomic E-state index is 11.5. The van der Waals surface area contributed by atoms with Crippen molar-refractivity contribution in [2.45, 2.75) is 30.5 Å². The Balaban J connectivity index is 1.88. The van der Waals surface area contributed by atoms with Crippen molar-refractivity contribution in [3.63, 3.8) is 0 Å². The largest absolute Gasteiger partial charge is 0.470 e. The van der Waals surface area contributed by atoms with Gasteiger partial charge in [-0.15, -0.1) is 0 Å². The lowest BCUT2D eigenvalue weighted by atomic mass is 9.95. The summed E-state index contributed by atoms with van der Waals surface area (Å²) in [4.78, 5) is 30.9. The van der Waals surface area contributed by atoms with E-state index in [4.69, 9.17) is 15.0 Å². The van der Waals surface area contributed by atoms with E-state index >= 15 is 0 Å². The topological polar surface area (TPSA) is 186 Å². The van der Waals surface area contributed by atoms with Crippen LogP contribution in [-0.2, 0) is 26.0 Å². The van der Waals surface area contributed by atoms with Crippen molar-refractivity contribution in [2.75, 3.05) is 12.3 Å². The third-order valence-electron chi connectivity index (χ3n) is 5.00. The maximum atomic E-state index is 11.5. The van der Waals surface area contributed by atoms with Gasteiger partial charge in [0.25, 0.3) is 0 Å². The summed E-state index contributed by atoms with van der Waals surface area (Å²) in [5, 5.41) is 21.0. The van der Waals surface area contributed by atoms with Gasteiger partial charge in [0.1, 0.15) is 30.2 Å². The molecule has 0 unspecified atom stereocenters. The van der Waals surface area contributed by atoms with Gasteiger partial charge >= 0.3 is 7.82 Å². The zero-order valence-corrected chi connectivity index (χ0v) is 16.4.